The molecule has 100 heavy (non-hydrogen) atoms. The SMILES string of the molecule is CCCCCCCCCCC(=O)OC[C@H](COP(=O)(O)OC[C@H](O)COP(=O)(O)OC[C@@H](COC(=O)CCCCCCCCCCCCCCCCCCCCC(C)C)OC(=O)CCCCCCCCCCCCCCCCCCCCC(C)C)OC(=O)CCCCCCCCCC(C)C. The minimum absolute atomic E-state index is 0.103. The molecule has 0 aromatic heterocycles. The van der Waals surface area contributed by atoms with Crippen LogP contribution < -0.4 is 0 Å². The Morgan fingerprint density at radius 3 is 0.680 bits per heavy atom. The van der Waals surface area contributed by atoms with Crippen molar-refractivity contribution >= 4 is 39.5 Å². The van der Waals surface area contributed by atoms with Crippen molar-refractivity contribution in [1.29, 1.82) is 0 Å². The highest BCUT2D eigenvalue weighted by Crippen LogP contribution is 2.45. The smallest absolute Gasteiger partial charge is 0.462 e. The van der Waals surface area contributed by atoms with Crippen molar-refractivity contribution in [2.75, 3.05) is 39.6 Å². The van der Waals surface area contributed by atoms with E-state index < -0.39 is 97.5 Å². The highest BCUT2D eigenvalue weighted by molar-refractivity contribution is 7.47. The number of ether oxygens (including phenoxy) is 4. The van der Waals surface area contributed by atoms with E-state index in [0.29, 0.717) is 31.6 Å². The molecule has 2 unspecified atom stereocenters. The summed E-state index contributed by atoms with van der Waals surface area (Å²) in [5.41, 5.74) is 0. The summed E-state index contributed by atoms with van der Waals surface area (Å²) in [6.07, 6.45) is 60.1. The van der Waals surface area contributed by atoms with E-state index in [1.54, 1.807) is 0 Å². The van der Waals surface area contributed by atoms with Gasteiger partial charge in [0.05, 0.1) is 26.4 Å². The van der Waals surface area contributed by atoms with Gasteiger partial charge in [-0.1, -0.05) is 370 Å². The van der Waals surface area contributed by atoms with Crippen LogP contribution in [0, 0.1) is 17.8 Å². The molecule has 0 aliphatic carbocycles. The van der Waals surface area contributed by atoms with Crippen LogP contribution in [0.3, 0.4) is 0 Å². The molecule has 0 spiro atoms. The second-order valence-corrected chi connectivity index (χ2v) is 33.5. The largest absolute Gasteiger partial charge is 0.472 e. The molecular formula is C81H158O17P2. The average molecular weight is 1470 g/mol. The molecule has 0 aromatic rings. The molecule has 19 heteroatoms. The summed E-state index contributed by atoms with van der Waals surface area (Å²) in [6, 6.07) is 0. The predicted molar refractivity (Wildman–Crippen MR) is 409 cm³/mol. The van der Waals surface area contributed by atoms with Gasteiger partial charge in [-0.05, 0) is 43.4 Å². The number of phosphoric acid groups is 2. The number of aliphatic hydroxyl groups excluding tert-OH is 1. The third-order valence-corrected chi connectivity index (χ3v) is 20.8. The van der Waals surface area contributed by atoms with E-state index in [9.17, 15) is 43.2 Å². The van der Waals surface area contributed by atoms with Crippen LogP contribution in [0.2, 0.25) is 0 Å². The molecule has 0 aliphatic rings. The fourth-order valence-electron chi connectivity index (χ4n) is 12.5. The van der Waals surface area contributed by atoms with Crippen molar-refractivity contribution in [3.63, 3.8) is 0 Å². The van der Waals surface area contributed by atoms with Crippen molar-refractivity contribution in [2.45, 2.75) is 439 Å². The third-order valence-electron chi connectivity index (χ3n) is 18.9. The van der Waals surface area contributed by atoms with Gasteiger partial charge in [0.15, 0.2) is 12.2 Å². The number of hydrogen-bond donors (Lipinski definition) is 3. The van der Waals surface area contributed by atoms with Crippen LogP contribution in [0.15, 0.2) is 0 Å². The van der Waals surface area contributed by atoms with Gasteiger partial charge in [-0.15, -0.1) is 0 Å². The van der Waals surface area contributed by atoms with E-state index in [1.165, 1.54) is 225 Å². The van der Waals surface area contributed by atoms with Crippen molar-refractivity contribution in [3.05, 3.63) is 0 Å². The zero-order chi connectivity index (χ0) is 73.7. The Balaban J connectivity index is 5.15. The van der Waals surface area contributed by atoms with E-state index in [2.05, 4.69) is 48.5 Å². The van der Waals surface area contributed by atoms with Gasteiger partial charge in [0, 0.05) is 25.7 Å². The fourth-order valence-corrected chi connectivity index (χ4v) is 14.1. The van der Waals surface area contributed by atoms with E-state index >= 15 is 0 Å². The fraction of sp³-hybridized carbons (Fsp3) is 0.951. The molecule has 3 N–H and O–H groups in total. The number of aliphatic hydroxyl groups is 1. The molecule has 0 rings (SSSR count). The predicted octanol–water partition coefficient (Wildman–Crippen LogP) is 24.1. The first-order valence-corrected chi connectivity index (χ1v) is 44.8. The van der Waals surface area contributed by atoms with Gasteiger partial charge in [0.2, 0.25) is 0 Å². The summed E-state index contributed by atoms with van der Waals surface area (Å²) >= 11 is 0. The standard InChI is InChI=1S/C81H158O17P2/c1-8-9-10-11-12-41-48-55-62-78(83)91-68-77(98-81(86)65-58-51-44-37-40-47-54-61-74(6)7)71-96-100(89,90)94-67-75(82)66-93-99(87,88)95-70-76(97-80(85)64-57-50-43-36-32-28-24-20-16-14-18-22-26-30-34-39-46-53-60-73(4)5)69-92-79(84)63-56-49-42-35-31-27-23-19-15-13-17-21-25-29-33-38-45-52-59-72(2)3/h72-77,82H,8-71H2,1-7H3,(H,87,88)(H,89,90)/t75-,76-,77-/m1/s1. The molecule has 0 fully saturated rings. The zero-order valence-corrected chi connectivity index (χ0v) is 67.5. The number of phosphoric ester groups is 2. The summed E-state index contributed by atoms with van der Waals surface area (Å²) < 4.78 is 68.5. The minimum Gasteiger partial charge on any atom is -0.462 e. The lowest BCUT2D eigenvalue weighted by Crippen LogP contribution is -2.30. The molecule has 0 heterocycles. The molecule has 594 valence electrons. The van der Waals surface area contributed by atoms with Crippen LogP contribution in [0.1, 0.15) is 421 Å². The maximum atomic E-state index is 13.1. The van der Waals surface area contributed by atoms with Crippen LogP contribution in [-0.4, -0.2) is 96.7 Å². The molecule has 0 aliphatic heterocycles. The van der Waals surface area contributed by atoms with Crippen LogP contribution >= 0.6 is 15.6 Å². The number of rotatable bonds is 79. The van der Waals surface area contributed by atoms with E-state index in [4.69, 9.17) is 37.0 Å². The lowest BCUT2D eigenvalue weighted by molar-refractivity contribution is -0.161. The summed E-state index contributed by atoms with van der Waals surface area (Å²) in [5.74, 6) is 0.222. The Morgan fingerprint density at radius 2 is 0.460 bits per heavy atom. The Kier molecular flexibility index (Phi) is 69.9. The van der Waals surface area contributed by atoms with Gasteiger partial charge in [-0.25, -0.2) is 9.13 Å². The molecule has 0 aromatic carbocycles. The van der Waals surface area contributed by atoms with Gasteiger partial charge in [-0.3, -0.25) is 37.3 Å². The van der Waals surface area contributed by atoms with E-state index in [-0.39, 0.29) is 25.7 Å². The zero-order valence-electron chi connectivity index (χ0n) is 65.7. The van der Waals surface area contributed by atoms with Crippen LogP contribution in [-0.2, 0) is 65.4 Å². The molecular weight excluding hydrogens is 1310 g/mol. The molecule has 0 amide bonds. The Morgan fingerprint density at radius 1 is 0.270 bits per heavy atom. The average Bonchev–Trinajstić information content (AvgIpc) is 0.998. The molecule has 0 saturated carbocycles. The number of unbranched alkanes of at least 4 members (excludes halogenated alkanes) is 47. The lowest BCUT2D eigenvalue weighted by atomic mass is 10.0. The molecule has 0 bridgehead atoms. The molecule has 0 radical (unpaired) electrons. The summed E-state index contributed by atoms with van der Waals surface area (Å²) in [4.78, 5) is 72.8. The van der Waals surface area contributed by atoms with Gasteiger partial charge >= 0.3 is 39.5 Å². The van der Waals surface area contributed by atoms with Crippen LogP contribution in [0.25, 0.3) is 0 Å². The van der Waals surface area contributed by atoms with Crippen molar-refractivity contribution < 1.29 is 80.2 Å². The Hall–Kier alpha value is -1.94. The van der Waals surface area contributed by atoms with Crippen molar-refractivity contribution in [1.82, 2.24) is 0 Å². The molecule has 0 saturated heterocycles. The first-order valence-electron chi connectivity index (χ1n) is 41.8. The lowest BCUT2D eigenvalue weighted by Gasteiger charge is -2.21. The van der Waals surface area contributed by atoms with Crippen LogP contribution in [0.5, 0.6) is 0 Å². The number of hydrogen-bond acceptors (Lipinski definition) is 15. The highest BCUT2D eigenvalue weighted by atomic mass is 31.2. The van der Waals surface area contributed by atoms with Gasteiger partial charge in [0.1, 0.15) is 19.3 Å². The van der Waals surface area contributed by atoms with Crippen molar-refractivity contribution in [2.24, 2.45) is 17.8 Å². The number of esters is 4. The first kappa shape index (κ1) is 98.1. The number of carbonyl (C=O) groups excluding carboxylic acids is 4. The minimum atomic E-state index is -4.96. The van der Waals surface area contributed by atoms with Gasteiger partial charge in [-0.2, -0.15) is 0 Å². The topological polar surface area (TPSA) is 237 Å². The van der Waals surface area contributed by atoms with Crippen LogP contribution in [0.4, 0.5) is 0 Å². The first-order chi connectivity index (χ1) is 48.2. The van der Waals surface area contributed by atoms with Crippen molar-refractivity contribution in [3.8, 4) is 0 Å². The quantitative estimate of drug-likeness (QED) is 0.0222. The van der Waals surface area contributed by atoms with E-state index in [1.807, 2.05) is 0 Å². The molecule has 5 atom stereocenters. The maximum absolute atomic E-state index is 13.1. The maximum Gasteiger partial charge on any atom is 0.472 e. The monoisotopic (exact) mass is 1470 g/mol. The van der Waals surface area contributed by atoms with Gasteiger partial charge < -0.3 is 33.8 Å². The second-order valence-electron chi connectivity index (χ2n) is 30.6. The summed E-state index contributed by atoms with van der Waals surface area (Å²) in [6.45, 7) is 11.9. The van der Waals surface area contributed by atoms with Gasteiger partial charge in [0.25, 0.3) is 0 Å². The molecule has 17 nitrogen and oxygen atoms in total. The Bertz CT molecular complexity index is 1940. The Labute approximate surface area is 613 Å². The highest BCUT2D eigenvalue weighted by Gasteiger charge is 2.30. The summed E-state index contributed by atoms with van der Waals surface area (Å²) in [7, 11) is -9.91. The van der Waals surface area contributed by atoms with E-state index in [0.717, 1.165) is 108 Å². The summed E-state index contributed by atoms with van der Waals surface area (Å²) in [5, 5.41) is 10.6. The second kappa shape index (κ2) is 71.3. The number of carbonyl (C=O) groups is 4. The third kappa shape index (κ3) is 74.3. The normalized spacial score (nSPS) is 14.0.